The van der Waals surface area contributed by atoms with Gasteiger partial charge in [0.15, 0.2) is 11.6 Å². The molecule has 0 spiro atoms. The summed E-state index contributed by atoms with van der Waals surface area (Å²) in [5.41, 5.74) is -0.381. The number of aliphatic hydroxyl groups excluding tert-OH is 1. The number of rotatable bonds is 6. The summed E-state index contributed by atoms with van der Waals surface area (Å²) in [6.07, 6.45) is 2.45. The molecule has 17 heteroatoms. The summed E-state index contributed by atoms with van der Waals surface area (Å²) in [6.45, 7) is 8.36. The fraction of sp³-hybridized carbons (Fsp3) is 0.545. The van der Waals surface area contributed by atoms with Crippen LogP contribution >= 0.6 is 43.5 Å². The van der Waals surface area contributed by atoms with Gasteiger partial charge in [-0.25, -0.2) is 9.97 Å². The second-order valence-corrected chi connectivity index (χ2v) is 11.0. The molecular formula is C22H27Br2ClN4O10. The summed E-state index contributed by atoms with van der Waals surface area (Å²) in [5, 5.41) is 29.6. The Labute approximate surface area is 245 Å². The van der Waals surface area contributed by atoms with Gasteiger partial charge in [0.1, 0.15) is 18.8 Å². The fourth-order valence-electron chi connectivity index (χ4n) is 3.07. The van der Waals surface area contributed by atoms with Gasteiger partial charge in [-0.05, 0) is 59.6 Å². The molecule has 4 rings (SSSR count). The summed E-state index contributed by atoms with van der Waals surface area (Å²) in [7, 11) is 0. The number of halogens is 3. The first-order valence-corrected chi connectivity index (χ1v) is 13.2. The van der Waals surface area contributed by atoms with Crippen LogP contribution in [-0.2, 0) is 18.9 Å². The average molecular weight is 703 g/mol. The first-order valence-electron chi connectivity index (χ1n) is 11.2. The van der Waals surface area contributed by atoms with E-state index < -0.39 is 21.4 Å². The van der Waals surface area contributed by atoms with Crippen molar-refractivity contribution in [3.8, 4) is 5.88 Å². The van der Waals surface area contributed by atoms with E-state index in [1.54, 1.807) is 13.8 Å². The normalized spacial score (nSPS) is 20.7. The van der Waals surface area contributed by atoms with E-state index in [4.69, 9.17) is 40.4 Å². The van der Waals surface area contributed by atoms with Crippen LogP contribution in [0.3, 0.4) is 0 Å². The van der Waals surface area contributed by atoms with Crippen molar-refractivity contribution in [1.29, 1.82) is 0 Å². The van der Waals surface area contributed by atoms with Gasteiger partial charge in [0.25, 0.3) is 5.88 Å². The van der Waals surface area contributed by atoms with Crippen molar-refractivity contribution in [2.75, 3.05) is 26.4 Å². The highest BCUT2D eigenvalue weighted by Crippen LogP contribution is 2.29. The number of nitro groups is 2. The molecular weight excluding hydrogens is 676 g/mol. The van der Waals surface area contributed by atoms with E-state index in [0.717, 1.165) is 0 Å². The van der Waals surface area contributed by atoms with Gasteiger partial charge in [-0.3, -0.25) is 20.2 Å². The van der Waals surface area contributed by atoms with E-state index >= 15 is 0 Å². The van der Waals surface area contributed by atoms with Crippen molar-refractivity contribution in [3.05, 3.63) is 58.9 Å². The molecule has 0 aromatic carbocycles. The van der Waals surface area contributed by atoms with Gasteiger partial charge >= 0.3 is 11.4 Å². The van der Waals surface area contributed by atoms with Crippen LogP contribution in [0.2, 0.25) is 5.15 Å². The van der Waals surface area contributed by atoms with Gasteiger partial charge in [-0.1, -0.05) is 11.6 Å². The lowest BCUT2D eigenvalue weighted by Crippen LogP contribution is -2.25. The predicted octanol–water partition coefficient (Wildman–Crippen LogP) is 4.82. The van der Waals surface area contributed by atoms with E-state index in [1.165, 1.54) is 24.5 Å². The molecule has 0 radical (unpaired) electrons. The molecule has 2 aromatic rings. The molecule has 2 aliphatic heterocycles. The Kier molecular flexibility index (Phi) is 12.4. The van der Waals surface area contributed by atoms with Crippen molar-refractivity contribution in [1.82, 2.24) is 9.97 Å². The minimum absolute atomic E-state index is 0.0264. The SMILES string of the molecule is CC1(C)OCC(CO)O1.CC1(C)OCC(COc2ncc(Br)cc2[N+](=O)[O-])O1.O=[N+]([O-])c1cc(Br)cnc1Cl. The molecule has 14 nitrogen and oxygen atoms in total. The highest BCUT2D eigenvalue weighted by molar-refractivity contribution is 9.10. The maximum atomic E-state index is 10.9. The summed E-state index contributed by atoms with van der Waals surface area (Å²) in [4.78, 5) is 27.5. The highest BCUT2D eigenvalue weighted by atomic mass is 79.9. The van der Waals surface area contributed by atoms with Gasteiger partial charge in [0, 0.05) is 33.5 Å². The zero-order chi connectivity index (χ0) is 29.4. The van der Waals surface area contributed by atoms with Crippen LogP contribution < -0.4 is 4.74 Å². The van der Waals surface area contributed by atoms with Gasteiger partial charge < -0.3 is 28.8 Å². The lowest BCUT2D eigenvalue weighted by atomic mass is 10.4. The van der Waals surface area contributed by atoms with Crippen LogP contribution in [0.1, 0.15) is 27.7 Å². The summed E-state index contributed by atoms with van der Waals surface area (Å²) < 4.78 is 27.7. The van der Waals surface area contributed by atoms with Crippen molar-refractivity contribution in [2.45, 2.75) is 51.5 Å². The Morgan fingerprint density at radius 1 is 0.974 bits per heavy atom. The van der Waals surface area contributed by atoms with Crippen molar-refractivity contribution < 1.29 is 38.6 Å². The maximum Gasteiger partial charge on any atom is 0.332 e. The van der Waals surface area contributed by atoms with E-state index in [-0.39, 0.29) is 47.8 Å². The minimum atomic E-state index is -0.646. The fourth-order valence-corrected chi connectivity index (χ4v) is 3.88. The number of aromatic nitrogens is 2. The summed E-state index contributed by atoms with van der Waals surface area (Å²) in [6, 6.07) is 2.65. The first kappa shape index (κ1) is 33.2. The Morgan fingerprint density at radius 2 is 1.46 bits per heavy atom. The highest BCUT2D eigenvalue weighted by Gasteiger charge is 2.34. The van der Waals surface area contributed by atoms with E-state index in [1.807, 2.05) is 13.8 Å². The molecule has 2 aliphatic rings. The van der Waals surface area contributed by atoms with Gasteiger partial charge in [0.05, 0.1) is 29.7 Å². The van der Waals surface area contributed by atoms with Crippen LogP contribution in [0.5, 0.6) is 5.88 Å². The minimum Gasteiger partial charge on any atom is -0.470 e. The topological polar surface area (TPSA) is 178 Å². The summed E-state index contributed by atoms with van der Waals surface area (Å²) in [5.74, 6) is -1.16. The third-order valence-electron chi connectivity index (χ3n) is 4.72. The predicted molar refractivity (Wildman–Crippen MR) is 145 cm³/mol. The van der Waals surface area contributed by atoms with Crippen molar-refractivity contribution in [3.63, 3.8) is 0 Å². The molecule has 0 amide bonds. The van der Waals surface area contributed by atoms with Crippen LogP contribution in [0, 0.1) is 20.2 Å². The molecule has 2 saturated heterocycles. The third-order valence-corrected chi connectivity index (χ3v) is 5.88. The quantitative estimate of drug-likeness (QED) is 0.247. The molecule has 0 bridgehead atoms. The molecule has 39 heavy (non-hydrogen) atoms. The molecule has 1 N–H and O–H groups in total. The van der Waals surface area contributed by atoms with Gasteiger partial charge in [-0.2, -0.15) is 0 Å². The zero-order valence-corrected chi connectivity index (χ0v) is 25.3. The Balaban J connectivity index is 0.000000226. The molecule has 0 saturated carbocycles. The molecule has 2 aromatic heterocycles. The number of hydrogen-bond acceptors (Lipinski definition) is 12. The summed E-state index contributed by atoms with van der Waals surface area (Å²) >= 11 is 11.6. The maximum absolute atomic E-state index is 10.9. The van der Waals surface area contributed by atoms with Crippen molar-refractivity contribution >= 4 is 54.8 Å². The molecule has 4 heterocycles. The van der Waals surface area contributed by atoms with Crippen LogP contribution in [0.15, 0.2) is 33.5 Å². The molecule has 2 atom stereocenters. The molecule has 2 fully saturated rings. The average Bonchev–Trinajstić information content (AvgIpc) is 3.40. The van der Waals surface area contributed by atoms with Crippen LogP contribution in [0.25, 0.3) is 0 Å². The second-order valence-electron chi connectivity index (χ2n) is 8.85. The Bertz CT molecular complexity index is 1160. The molecule has 216 valence electrons. The van der Waals surface area contributed by atoms with E-state index in [0.29, 0.717) is 22.2 Å². The number of pyridine rings is 2. The Morgan fingerprint density at radius 3 is 1.87 bits per heavy atom. The lowest BCUT2D eigenvalue weighted by Gasteiger charge is -2.17. The number of aliphatic hydroxyl groups is 1. The van der Waals surface area contributed by atoms with E-state index in [9.17, 15) is 20.2 Å². The van der Waals surface area contributed by atoms with Gasteiger partial charge in [0.2, 0.25) is 5.15 Å². The van der Waals surface area contributed by atoms with Crippen LogP contribution in [-0.4, -0.2) is 75.1 Å². The van der Waals surface area contributed by atoms with Crippen molar-refractivity contribution in [2.24, 2.45) is 0 Å². The zero-order valence-electron chi connectivity index (χ0n) is 21.3. The third kappa shape index (κ3) is 11.2. The standard InChI is InChI=1S/C11H13BrN2O5.C6H12O3.C5H2BrClN2O2/c1-11(2)18-6-8(19-11)5-17-10-9(14(15)16)3-7(12)4-13-10;1-6(2)8-4-5(3-7)9-6;6-3-1-4(9(10)11)5(7)8-2-3/h3-4,8H,5-6H2,1-2H3;5,7H,3-4H2,1-2H3;1-2H. The lowest BCUT2D eigenvalue weighted by molar-refractivity contribution is -0.386. The van der Waals surface area contributed by atoms with Crippen LogP contribution in [0.4, 0.5) is 11.4 Å². The van der Waals surface area contributed by atoms with Gasteiger partial charge in [-0.15, -0.1) is 0 Å². The number of ether oxygens (including phenoxy) is 5. The largest absolute Gasteiger partial charge is 0.470 e. The number of nitrogens with zero attached hydrogens (tertiary/aromatic N) is 4. The second kappa shape index (κ2) is 14.5. The molecule has 2 unspecified atom stereocenters. The first-order chi connectivity index (χ1) is 18.1. The van der Waals surface area contributed by atoms with E-state index in [2.05, 4.69) is 41.8 Å². The number of hydrogen-bond donors (Lipinski definition) is 1. The Hall–Kier alpha value is -2.05. The monoisotopic (exact) mass is 700 g/mol. The smallest absolute Gasteiger partial charge is 0.332 e. The molecule has 0 aliphatic carbocycles.